The first-order valence-corrected chi connectivity index (χ1v) is 14.3. The Morgan fingerprint density at radius 3 is 2.29 bits per heavy atom. The highest BCUT2D eigenvalue weighted by Crippen LogP contribution is 2.48. The standard InChI is InChI=1S/C31H37F5N2O3/c1-29(2,3)25-19-37(16-17-38(25)26(39)18-20-8-5-4-6-9-20)27(21-12-14-22(15-13-21)30(32,33)34)23-10-7-11-24-28(23)41-31(35,36)40-24/h7,10-15,20,25,27H,4-6,8-9,16-19H2,1-3H3/t25-,27?/m1/s1. The highest BCUT2D eigenvalue weighted by Gasteiger charge is 2.47. The van der Waals surface area contributed by atoms with E-state index >= 15 is 0 Å². The quantitative estimate of drug-likeness (QED) is 0.341. The fourth-order valence-electron chi connectivity index (χ4n) is 6.48. The van der Waals surface area contributed by atoms with Crippen LogP contribution < -0.4 is 9.47 Å². The van der Waals surface area contributed by atoms with Gasteiger partial charge in [-0.05, 0) is 47.9 Å². The van der Waals surface area contributed by atoms with Crippen LogP contribution in [0.15, 0.2) is 42.5 Å². The van der Waals surface area contributed by atoms with Gasteiger partial charge in [-0.25, -0.2) is 0 Å². The Bertz CT molecular complexity index is 1240. The maximum atomic E-state index is 14.1. The van der Waals surface area contributed by atoms with Crippen LogP contribution in [0.1, 0.15) is 82.0 Å². The van der Waals surface area contributed by atoms with Crippen molar-refractivity contribution in [2.75, 3.05) is 19.6 Å². The molecule has 0 radical (unpaired) electrons. The second-order valence-electron chi connectivity index (χ2n) is 12.5. The van der Waals surface area contributed by atoms with Crippen LogP contribution in [0.5, 0.6) is 11.5 Å². The smallest absolute Gasteiger partial charge is 0.395 e. The number of hydrogen-bond acceptors (Lipinski definition) is 4. The molecule has 0 N–H and O–H groups in total. The number of para-hydroxylation sites is 1. The number of amides is 1. The minimum atomic E-state index is -4.51. The topological polar surface area (TPSA) is 42.0 Å². The molecule has 1 unspecified atom stereocenters. The summed E-state index contributed by atoms with van der Waals surface area (Å²) in [7, 11) is 0. The number of fused-ring (bicyclic) bond motifs is 1. The van der Waals surface area contributed by atoms with Gasteiger partial charge in [0.25, 0.3) is 0 Å². The summed E-state index contributed by atoms with van der Waals surface area (Å²) in [6.07, 6.45) is -2.21. The molecule has 3 aliphatic rings. The predicted molar refractivity (Wildman–Crippen MR) is 144 cm³/mol. The van der Waals surface area contributed by atoms with Crippen LogP contribution in [0.4, 0.5) is 22.0 Å². The molecule has 2 atom stereocenters. The lowest BCUT2D eigenvalue weighted by Crippen LogP contribution is -2.60. The van der Waals surface area contributed by atoms with E-state index < -0.39 is 24.1 Å². The van der Waals surface area contributed by atoms with Gasteiger partial charge in [-0.2, -0.15) is 13.2 Å². The molecule has 1 amide bonds. The average molecular weight is 581 g/mol. The van der Waals surface area contributed by atoms with Crippen molar-refractivity contribution in [3.05, 3.63) is 59.2 Å². The van der Waals surface area contributed by atoms with Gasteiger partial charge in [-0.15, -0.1) is 8.78 Å². The molecule has 5 rings (SSSR count). The first-order valence-electron chi connectivity index (χ1n) is 14.3. The van der Waals surface area contributed by atoms with Crippen LogP contribution in [-0.2, 0) is 11.0 Å². The lowest BCUT2D eigenvalue weighted by Gasteiger charge is -2.49. The fourth-order valence-corrected chi connectivity index (χ4v) is 6.48. The van der Waals surface area contributed by atoms with E-state index in [9.17, 15) is 26.7 Å². The molecule has 0 aromatic heterocycles. The zero-order valence-corrected chi connectivity index (χ0v) is 23.6. The number of rotatable bonds is 5. The summed E-state index contributed by atoms with van der Waals surface area (Å²) < 4.78 is 78.0. The van der Waals surface area contributed by atoms with Crippen molar-refractivity contribution in [2.45, 2.75) is 83.9 Å². The van der Waals surface area contributed by atoms with Gasteiger partial charge in [-0.3, -0.25) is 9.69 Å². The second kappa shape index (κ2) is 11.1. The number of benzene rings is 2. The van der Waals surface area contributed by atoms with Crippen molar-refractivity contribution in [3.8, 4) is 11.5 Å². The number of piperazine rings is 1. The molecule has 0 spiro atoms. The molecule has 2 heterocycles. The van der Waals surface area contributed by atoms with Gasteiger partial charge in [0.2, 0.25) is 5.91 Å². The molecule has 1 saturated carbocycles. The van der Waals surface area contributed by atoms with E-state index in [0.717, 1.165) is 37.8 Å². The van der Waals surface area contributed by atoms with Gasteiger partial charge in [0.1, 0.15) is 0 Å². The van der Waals surface area contributed by atoms with Crippen LogP contribution in [0.25, 0.3) is 0 Å². The summed E-state index contributed by atoms with van der Waals surface area (Å²) in [5, 5.41) is 0. The number of alkyl halides is 5. The summed E-state index contributed by atoms with van der Waals surface area (Å²) in [6.45, 7) is 7.43. The monoisotopic (exact) mass is 580 g/mol. The summed E-state index contributed by atoms with van der Waals surface area (Å²) in [5.41, 5.74) is -0.235. The van der Waals surface area contributed by atoms with Gasteiger partial charge in [-0.1, -0.05) is 64.3 Å². The van der Waals surface area contributed by atoms with Crippen molar-refractivity contribution in [2.24, 2.45) is 11.3 Å². The number of hydrogen-bond donors (Lipinski definition) is 0. The van der Waals surface area contributed by atoms with Gasteiger partial charge >= 0.3 is 12.5 Å². The number of carbonyl (C=O) groups is 1. The maximum absolute atomic E-state index is 14.1. The van der Waals surface area contributed by atoms with E-state index in [4.69, 9.17) is 9.47 Å². The normalized spacial score (nSPS) is 22.5. The largest absolute Gasteiger partial charge is 0.586 e. The lowest BCUT2D eigenvalue weighted by atomic mass is 9.81. The molecular weight excluding hydrogens is 543 g/mol. The Kier molecular flexibility index (Phi) is 8.00. The molecule has 2 aromatic rings. The van der Waals surface area contributed by atoms with Gasteiger partial charge in [0, 0.05) is 37.7 Å². The molecule has 2 aromatic carbocycles. The summed E-state index contributed by atoms with van der Waals surface area (Å²) in [5.74, 6) is 0.253. The summed E-state index contributed by atoms with van der Waals surface area (Å²) in [4.78, 5) is 17.6. The molecule has 1 aliphatic carbocycles. The van der Waals surface area contributed by atoms with E-state index in [1.165, 1.54) is 24.6 Å². The molecule has 0 bridgehead atoms. The fraction of sp³-hybridized carbons (Fsp3) is 0.581. The first kappa shape index (κ1) is 29.6. The lowest BCUT2D eigenvalue weighted by molar-refractivity contribution is -0.287. The molecule has 1 saturated heterocycles. The minimum Gasteiger partial charge on any atom is -0.395 e. The Labute approximate surface area is 237 Å². The third kappa shape index (κ3) is 6.47. The maximum Gasteiger partial charge on any atom is 0.586 e. The van der Waals surface area contributed by atoms with Gasteiger partial charge in [0.15, 0.2) is 11.5 Å². The zero-order chi connectivity index (χ0) is 29.6. The van der Waals surface area contributed by atoms with Gasteiger partial charge in [0.05, 0.1) is 11.6 Å². The Morgan fingerprint density at radius 2 is 1.66 bits per heavy atom. The molecule has 41 heavy (non-hydrogen) atoms. The predicted octanol–water partition coefficient (Wildman–Crippen LogP) is 7.65. The number of halogens is 5. The minimum absolute atomic E-state index is 0.125. The molecule has 2 fully saturated rings. The van der Waals surface area contributed by atoms with Crippen LogP contribution in [0.3, 0.4) is 0 Å². The van der Waals surface area contributed by atoms with Crippen LogP contribution in [0.2, 0.25) is 0 Å². The summed E-state index contributed by atoms with van der Waals surface area (Å²) in [6, 6.07) is 8.46. The highest BCUT2D eigenvalue weighted by molar-refractivity contribution is 5.77. The molecule has 224 valence electrons. The van der Waals surface area contributed by atoms with Crippen molar-refractivity contribution >= 4 is 5.91 Å². The van der Waals surface area contributed by atoms with Crippen LogP contribution in [-0.4, -0.2) is 47.7 Å². The van der Waals surface area contributed by atoms with Crippen molar-refractivity contribution in [1.29, 1.82) is 0 Å². The van der Waals surface area contributed by atoms with Crippen molar-refractivity contribution in [3.63, 3.8) is 0 Å². The van der Waals surface area contributed by atoms with Crippen LogP contribution >= 0.6 is 0 Å². The van der Waals surface area contributed by atoms with Gasteiger partial charge < -0.3 is 14.4 Å². The average Bonchev–Trinajstić information content (AvgIpc) is 3.23. The highest BCUT2D eigenvalue weighted by atomic mass is 19.4. The Hall–Kier alpha value is -2.88. The van der Waals surface area contributed by atoms with E-state index in [0.29, 0.717) is 43.1 Å². The van der Waals surface area contributed by atoms with Crippen molar-refractivity contribution < 1.29 is 36.2 Å². The number of carbonyl (C=O) groups excluding carboxylic acids is 1. The summed E-state index contributed by atoms with van der Waals surface area (Å²) >= 11 is 0. The van der Waals surface area contributed by atoms with Crippen LogP contribution in [0, 0.1) is 11.3 Å². The molecule has 10 heteroatoms. The van der Waals surface area contributed by atoms with E-state index in [1.807, 2.05) is 4.90 Å². The molecule has 5 nitrogen and oxygen atoms in total. The SMILES string of the molecule is CC(C)(C)[C@H]1CN(C(c2ccc(C(F)(F)F)cc2)c2cccc3c2OC(F)(F)O3)CCN1C(=O)CC1CCCCC1. The van der Waals surface area contributed by atoms with E-state index in [2.05, 4.69) is 25.7 Å². The van der Waals surface area contributed by atoms with E-state index in [-0.39, 0.29) is 28.9 Å². The third-order valence-electron chi connectivity index (χ3n) is 8.59. The third-order valence-corrected chi connectivity index (χ3v) is 8.59. The molecular formula is C31H37F5N2O3. The zero-order valence-electron chi connectivity index (χ0n) is 23.6. The number of nitrogens with zero attached hydrogens (tertiary/aromatic N) is 2. The first-order chi connectivity index (χ1) is 19.2. The Morgan fingerprint density at radius 1 is 0.976 bits per heavy atom. The van der Waals surface area contributed by atoms with E-state index in [1.54, 1.807) is 12.1 Å². The number of ether oxygens (including phenoxy) is 2. The molecule has 2 aliphatic heterocycles. The van der Waals surface area contributed by atoms with Crippen molar-refractivity contribution in [1.82, 2.24) is 9.80 Å². The second-order valence-corrected chi connectivity index (χ2v) is 12.5. The Balaban J connectivity index is 1.49.